The monoisotopic (exact) mass is 332 g/mol. The number of anilines is 2. The highest BCUT2D eigenvalue weighted by atomic mass is 15.2. The van der Waals surface area contributed by atoms with Gasteiger partial charge in [0, 0.05) is 45.3 Å². The number of aromatic nitrogens is 4. The van der Waals surface area contributed by atoms with Crippen LogP contribution in [0.2, 0.25) is 0 Å². The fourth-order valence-corrected chi connectivity index (χ4v) is 3.24. The lowest BCUT2D eigenvalue weighted by Gasteiger charge is -2.32. The molecule has 25 heavy (non-hydrogen) atoms. The topological polar surface area (TPSA) is 58.0 Å². The predicted octanol–water partition coefficient (Wildman–Crippen LogP) is 2.56. The van der Waals surface area contributed by atoms with Crippen molar-refractivity contribution in [3.8, 4) is 11.6 Å². The van der Waals surface area contributed by atoms with Gasteiger partial charge in [-0.25, -0.2) is 19.9 Å². The Morgan fingerprint density at radius 2 is 1.64 bits per heavy atom. The minimum absolute atomic E-state index is 0.550. The molecule has 6 heteroatoms. The zero-order chi connectivity index (χ0) is 17.2. The minimum Gasteiger partial charge on any atom is -0.377 e. The van der Waals surface area contributed by atoms with Crippen molar-refractivity contribution in [1.29, 1.82) is 0 Å². The number of hydrogen-bond donors (Lipinski definition) is 0. The molecule has 0 aliphatic carbocycles. The first kappa shape index (κ1) is 15.5. The molecule has 0 atom stereocenters. The first-order valence-corrected chi connectivity index (χ1v) is 8.35. The lowest BCUT2D eigenvalue weighted by Crippen LogP contribution is -2.31. The minimum atomic E-state index is 0.550. The van der Waals surface area contributed by atoms with E-state index >= 15 is 0 Å². The van der Waals surface area contributed by atoms with Crippen LogP contribution < -0.4 is 9.80 Å². The largest absolute Gasteiger partial charge is 0.377 e. The molecule has 1 aliphatic rings. The second-order valence-electron chi connectivity index (χ2n) is 6.32. The summed E-state index contributed by atoms with van der Waals surface area (Å²) in [7, 11) is 4.19. The molecule has 6 nitrogen and oxygen atoms in total. The van der Waals surface area contributed by atoms with Gasteiger partial charge in [0.2, 0.25) is 0 Å². The first-order chi connectivity index (χ1) is 12.2. The summed E-state index contributed by atoms with van der Waals surface area (Å²) < 4.78 is 0. The average molecular weight is 332 g/mol. The van der Waals surface area contributed by atoms with Crippen molar-refractivity contribution in [2.75, 3.05) is 30.4 Å². The SMILES string of the molecule is CN(C)c1cccc2c1CCN(c1cnc(-c3ncccn3)nc1)C2. The predicted molar refractivity (Wildman–Crippen MR) is 98.6 cm³/mol. The molecule has 0 unspecified atom stereocenters. The average Bonchev–Trinajstić information content (AvgIpc) is 2.68. The molecule has 3 heterocycles. The third kappa shape index (κ3) is 3.03. The van der Waals surface area contributed by atoms with Crippen LogP contribution in [0.25, 0.3) is 11.6 Å². The van der Waals surface area contributed by atoms with Crippen LogP contribution in [-0.2, 0) is 13.0 Å². The molecule has 4 rings (SSSR count). The van der Waals surface area contributed by atoms with Gasteiger partial charge in [-0.1, -0.05) is 12.1 Å². The van der Waals surface area contributed by atoms with Crippen LogP contribution in [-0.4, -0.2) is 40.6 Å². The molecule has 3 aromatic rings. The number of benzene rings is 1. The molecule has 0 N–H and O–H groups in total. The fraction of sp³-hybridized carbons (Fsp3) is 0.263. The van der Waals surface area contributed by atoms with Gasteiger partial charge in [0.1, 0.15) is 0 Å². The highest BCUT2D eigenvalue weighted by Crippen LogP contribution is 2.30. The van der Waals surface area contributed by atoms with Crippen LogP contribution in [0.5, 0.6) is 0 Å². The van der Waals surface area contributed by atoms with Crippen LogP contribution in [0, 0.1) is 0 Å². The Morgan fingerprint density at radius 3 is 2.36 bits per heavy atom. The third-order valence-corrected chi connectivity index (χ3v) is 4.49. The first-order valence-electron chi connectivity index (χ1n) is 8.35. The second kappa shape index (κ2) is 6.47. The summed E-state index contributed by atoms with van der Waals surface area (Å²) in [6.07, 6.45) is 8.14. The zero-order valence-corrected chi connectivity index (χ0v) is 14.4. The maximum Gasteiger partial charge on any atom is 0.197 e. The number of hydrogen-bond acceptors (Lipinski definition) is 6. The number of rotatable bonds is 3. The van der Waals surface area contributed by atoms with Crippen molar-refractivity contribution in [3.63, 3.8) is 0 Å². The standard InChI is InChI=1S/C19H20N6/c1-24(2)17-6-3-5-14-13-25(10-7-16(14)17)15-11-22-19(23-12-15)18-20-8-4-9-21-18/h3-6,8-9,11-12H,7,10,13H2,1-2H3. The molecule has 0 spiro atoms. The molecular weight excluding hydrogens is 312 g/mol. The van der Waals surface area contributed by atoms with Gasteiger partial charge in [0.15, 0.2) is 11.6 Å². The van der Waals surface area contributed by atoms with Gasteiger partial charge in [0.05, 0.1) is 18.1 Å². The van der Waals surface area contributed by atoms with Gasteiger partial charge in [-0.3, -0.25) is 0 Å². The highest BCUT2D eigenvalue weighted by Gasteiger charge is 2.20. The molecule has 1 aliphatic heterocycles. The van der Waals surface area contributed by atoms with Crippen molar-refractivity contribution >= 4 is 11.4 Å². The summed E-state index contributed by atoms with van der Waals surface area (Å²) >= 11 is 0. The van der Waals surface area contributed by atoms with E-state index in [4.69, 9.17) is 0 Å². The van der Waals surface area contributed by atoms with Crippen LogP contribution in [0.15, 0.2) is 49.1 Å². The van der Waals surface area contributed by atoms with E-state index in [0.29, 0.717) is 11.6 Å². The lowest BCUT2D eigenvalue weighted by molar-refractivity contribution is 0.726. The molecule has 0 bridgehead atoms. The molecule has 0 amide bonds. The number of fused-ring (bicyclic) bond motifs is 1. The van der Waals surface area contributed by atoms with Crippen LogP contribution in [0.4, 0.5) is 11.4 Å². The molecule has 0 saturated carbocycles. The van der Waals surface area contributed by atoms with Gasteiger partial charge in [-0.05, 0) is 29.7 Å². The Labute approximate surface area is 147 Å². The van der Waals surface area contributed by atoms with E-state index in [-0.39, 0.29) is 0 Å². The van der Waals surface area contributed by atoms with Crippen LogP contribution >= 0.6 is 0 Å². The van der Waals surface area contributed by atoms with E-state index in [1.165, 1.54) is 16.8 Å². The highest BCUT2D eigenvalue weighted by molar-refractivity contribution is 5.59. The van der Waals surface area contributed by atoms with Gasteiger partial charge in [-0.15, -0.1) is 0 Å². The van der Waals surface area contributed by atoms with Gasteiger partial charge in [-0.2, -0.15) is 0 Å². The van der Waals surface area contributed by atoms with E-state index in [9.17, 15) is 0 Å². The van der Waals surface area contributed by atoms with Crippen LogP contribution in [0.1, 0.15) is 11.1 Å². The quantitative estimate of drug-likeness (QED) is 0.735. The van der Waals surface area contributed by atoms with E-state index in [1.807, 2.05) is 12.4 Å². The van der Waals surface area contributed by atoms with Crippen molar-refractivity contribution in [3.05, 3.63) is 60.2 Å². The fourth-order valence-electron chi connectivity index (χ4n) is 3.24. The van der Waals surface area contributed by atoms with Gasteiger partial charge in [0.25, 0.3) is 0 Å². The summed E-state index contributed by atoms with van der Waals surface area (Å²) in [4.78, 5) is 21.8. The van der Waals surface area contributed by atoms with E-state index < -0.39 is 0 Å². The normalized spacial score (nSPS) is 13.4. The smallest absolute Gasteiger partial charge is 0.197 e. The van der Waals surface area contributed by atoms with Crippen molar-refractivity contribution in [2.24, 2.45) is 0 Å². The Kier molecular flexibility index (Phi) is 4.01. The molecule has 0 radical (unpaired) electrons. The summed E-state index contributed by atoms with van der Waals surface area (Å²) in [5.41, 5.74) is 5.15. The summed E-state index contributed by atoms with van der Waals surface area (Å²) in [6.45, 7) is 1.84. The maximum atomic E-state index is 4.44. The lowest BCUT2D eigenvalue weighted by atomic mass is 9.97. The molecule has 1 aromatic carbocycles. The van der Waals surface area contributed by atoms with E-state index in [2.05, 4.69) is 62.0 Å². The molecule has 126 valence electrons. The maximum absolute atomic E-state index is 4.44. The number of nitrogens with zero attached hydrogens (tertiary/aromatic N) is 6. The van der Waals surface area contributed by atoms with Gasteiger partial charge >= 0.3 is 0 Å². The van der Waals surface area contributed by atoms with Crippen LogP contribution in [0.3, 0.4) is 0 Å². The Morgan fingerprint density at radius 1 is 0.920 bits per heavy atom. The third-order valence-electron chi connectivity index (χ3n) is 4.49. The molecule has 0 fully saturated rings. The van der Waals surface area contributed by atoms with Crippen molar-refractivity contribution in [2.45, 2.75) is 13.0 Å². The summed E-state index contributed by atoms with van der Waals surface area (Å²) in [5.74, 6) is 1.10. The Bertz CT molecular complexity index is 861. The van der Waals surface area contributed by atoms with Crippen molar-refractivity contribution < 1.29 is 0 Å². The second-order valence-corrected chi connectivity index (χ2v) is 6.32. The zero-order valence-electron chi connectivity index (χ0n) is 14.4. The summed E-state index contributed by atoms with van der Waals surface area (Å²) in [5, 5.41) is 0. The van der Waals surface area contributed by atoms with E-state index in [0.717, 1.165) is 25.2 Å². The molecule has 0 saturated heterocycles. The van der Waals surface area contributed by atoms with E-state index in [1.54, 1.807) is 18.5 Å². The summed E-state index contributed by atoms with van der Waals surface area (Å²) in [6, 6.07) is 8.31. The molecule has 2 aromatic heterocycles. The van der Waals surface area contributed by atoms with Gasteiger partial charge < -0.3 is 9.80 Å². The Hall–Kier alpha value is -3.02. The molecular formula is C19H20N6. The van der Waals surface area contributed by atoms with Crippen molar-refractivity contribution in [1.82, 2.24) is 19.9 Å². The Balaban J connectivity index is 1.57.